The van der Waals surface area contributed by atoms with Gasteiger partial charge in [-0.3, -0.25) is 28.0 Å². The smallest absolute Gasteiger partial charge is 0.330 e. The van der Waals surface area contributed by atoms with Gasteiger partial charge in [0.05, 0.1) is 32.9 Å². The van der Waals surface area contributed by atoms with Gasteiger partial charge in [-0.1, -0.05) is 0 Å². The lowest BCUT2D eigenvalue weighted by molar-refractivity contribution is -0.897. The maximum Gasteiger partial charge on any atom is 0.330 e. The SMILES string of the molecule is Cc1cn([C@H]2C[C@H](O)[C@@H](COP(=O)([O-])OP(=O)([O-])O[C@H]3O[C@H](C)[C@H](O)[C@H]([NH+](C)C)[C@H]3O)O2)c(=O)[nH]c1=O. The van der Waals surface area contributed by atoms with Crippen molar-refractivity contribution in [2.24, 2.45) is 0 Å². The molecule has 19 heteroatoms. The Morgan fingerprint density at radius 2 is 1.81 bits per heavy atom. The molecule has 1 aromatic rings. The number of nitrogens with one attached hydrogen (secondary N) is 2. The second-order valence-electron chi connectivity index (χ2n) is 9.08. The van der Waals surface area contributed by atoms with Crippen LogP contribution in [0.15, 0.2) is 15.8 Å². The summed E-state index contributed by atoms with van der Waals surface area (Å²) >= 11 is 0. The van der Waals surface area contributed by atoms with Crippen LogP contribution >= 0.6 is 15.6 Å². The van der Waals surface area contributed by atoms with E-state index in [0.29, 0.717) is 4.90 Å². The number of likely N-dealkylation sites (N-methyl/N-ethyl adjacent to an activating group) is 1. The molecule has 0 bridgehead atoms. The lowest BCUT2D eigenvalue weighted by Gasteiger charge is -2.43. The first-order valence-electron chi connectivity index (χ1n) is 11.1. The van der Waals surface area contributed by atoms with Crippen molar-refractivity contribution in [2.45, 2.75) is 69.3 Å². The van der Waals surface area contributed by atoms with Crippen molar-refractivity contribution in [1.29, 1.82) is 0 Å². The first kappa shape index (κ1) is 30.2. The summed E-state index contributed by atoms with van der Waals surface area (Å²) in [4.78, 5) is 50.6. The van der Waals surface area contributed by atoms with E-state index in [4.69, 9.17) is 9.47 Å². The highest BCUT2D eigenvalue weighted by Gasteiger charge is 2.48. The van der Waals surface area contributed by atoms with Crippen molar-refractivity contribution in [3.8, 4) is 0 Å². The number of hydrogen-bond donors (Lipinski definition) is 5. The number of phosphoric acid groups is 2. The van der Waals surface area contributed by atoms with E-state index in [1.165, 1.54) is 20.0 Å². The van der Waals surface area contributed by atoms with Crippen LogP contribution in [0, 0.1) is 6.92 Å². The van der Waals surface area contributed by atoms with Gasteiger partial charge in [0.15, 0.2) is 12.4 Å². The number of quaternary nitrogens is 1. The molecule has 0 radical (unpaired) electrons. The molecule has 2 aliphatic rings. The quantitative estimate of drug-likeness (QED) is 0.174. The first-order valence-corrected chi connectivity index (χ1v) is 14.1. The second kappa shape index (κ2) is 11.4. The van der Waals surface area contributed by atoms with Crippen LogP contribution in [0.25, 0.3) is 0 Å². The average molecular weight is 574 g/mol. The van der Waals surface area contributed by atoms with Crippen molar-refractivity contribution in [2.75, 3.05) is 20.7 Å². The van der Waals surface area contributed by atoms with Gasteiger partial charge in [0.1, 0.15) is 24.5 Å². The third-order valence-electron chi connectivity index (χ3n) is 6.00. The maximum atomic E-state index is 12.2. The van der Waals surface area contributed by atoms with Crippen molar-refractivity contribution >= 4 is 15.6 Å². The van der Waals surface area contributed by atoms with E-state index in [9.17, 15) is 43.8 Å². The van der Waals surface area contributed by atoms with E-state index >= 15 is 0 Å². The number of H-pyrrole nitrogens is 1. The van der Waals surface area contributed by atoms with E-state index in [2.05, 4.69) is 18.3 Å². The van der Waals surface area contributed by atoms with Crippen LogP contribution in [0.4, 0.5) is 0 Å². The molecule has 2 aliphatic heterocycles. The van der Waals surface area contributed by atoms with Gasteiger partial charge in [0.25, 0.3) is 21.2 Å². The molecule has 0 aliphatic carbocycles. The molecule has 3 heterocycles. The van der Waals surface area contributed by atoms with E-state index in [1.54, 1.807) is 14.1 Å². The van der Waals surface area contributed by atoms with Crippen LogP contribution < -0.4 is 25.9 Å². The second-order valence-corrected chi connectivity index (χ2v) is 12.0. The Morgan fingerprint density at radius 1 is 1.16 bits per heavy atom. The van der Waals surface area contributed by atoms with Crippen LogP contribution in [0.5, 0.6) is 0 Å². The minimum atomic E-state index is -5.69. The third kappa shape index (κ3) is 7.22. The highest BCUT2D eigenvalue weighted by atomic mass is 31.3. The number of ether oxygens (including phenoxy) is 2. The molecule has 3 rings (SSSR count). The number of aliphatic hydroxyl groups is 3. The summed E-state index contributed by atoms with van der Waals surface area (Å²) < 4.78 is 49.2. The third-order valence-corrected chi connectivity index (χ3v) is 8.53. The van der Waals surface area contributed by atoms with Gasteiger partial charge in [-0.15, -0.1) is 0 Å². The van der Waals surface area contributed by atoms with Gasteiger partial charge < -0.3 is 44.0 Å². The lowest BCUT2D eigenvalue weighted by atomic mass is 9.96. The standard InChI is InChI=1S/C18H31N3O14P2/c1-8-6-21(18(26)19-16(8)25)12-5-10(22)11(33-12)7-31-36(27,28)35-37(29,30)34-17-15(24)13(20(3)4)14(23)9(2)32-17/h6,9-15,17,22-24H,5,7H2,1-4H3,(H,27,28)(H,29,30)(H,19,25,26)/p-1/t9-,10+,11-,12-,13+,14+,15-,17-/m1/s1. The predicted molar refractivity (Wildman–Crippen MR) is 117 cm³/mol. The normalized spacial score (nSPS) is 35.8. The molecule has 37 heavy (non-hydrogen) atoms. The van der Waals surface area contributed by atoms with Gasteiger partial charge in [-0.05, 0) is 13.8 Å². The molecule has 212 valence electrons. The number of aryl methyl sites for hydroxylation is 1. The highest BCUT2D eigenvalue weighted by Crippen LogP contribution is 2.57. The number of aromatic nitrogens is 2. The number of phosphoric ester groups is 2. The van der Waals surface area contributed by atoms with Gasteiger partial charge >= 0.3 is 5.69 Å². The zero-order valence-corrected chi connectivity index (χ0v) is 22.1. The van der Waals surface area contributed by atoms with E-state index in [1.807, 2.05) is 0 Å². The number of hydrogen-bond acceptors (Lipinski definition) is 14. The Balaban J connectivity index is 1.60. The molecule has 2 fully saturated rings. The minimum Gasteiger partial charge on any atom is -0.756 e. The molecule has 10 atom stereocenters. The number of aliphatic hydroxyl groups excluding tert-OH is 3. The summed E-state index contributed by atoms with van der Waals surface area (Å²) in [5.74, 6) is 0. The summed E-state index contributed by atoms with van der Waals surface area (Å²) in [5, 5.41) is 30.8. The average Bonchev–Trinajstić information content (AvgIpc) is 3.12. The summed E-state index contributed by atoms with van der Waals surface area (Å²) in [6, 6.07) is -0.920. The Labute approximate surface area is 210 Å². The van der Waals surface area contributed by atoms with Gasteiger partial charge in [-0.2, -0.15) is 0 Å². The van der Waals surface area contributed by atoms with Crippen LogP contribution in [0.1, 0.15) is 25.1 Å². The fourth-order valence-electron chi connectivity index (χ4n) is 4.10. The Hall–Kier alpha value is -1.30. The molecule has 2 saturated heterocycles. The fourth-order valence-corrected chi connectivity index (χ4v) is 6.18. The first-order chi connectivity index (χ1) is 17.0. The molecule has 1 aromatic heterocycles. The minimum absolute atomic E-state index is 0.164. The molecule has 0 amide bonds. The van der Waals surface area contributed by atoms with Crippen molar-refractivity contribution in [3.05, 3.63) is 32.6 Å². The van der Waals surface area contributed by atoms with Crippen LogP contribution in [-0.4, -0.2) is 88.4 Å². The molecule has 17 nitrogen and oxygen atoms in total. The van der Waals surface area contributed by atoms with Crippen LogP contribution in [-0.2, 0) is 32.0 Å². The monoisotopic (exact) mass is 574 g/mol. The summed E-state index contributed by atoms with van der Waals surface area (Å²) in [6.45, 7) is 1.97. The molecular formula is C18H30N3O14P2-. The van der Waals surface area contributed by atoms with E-state index in [0.717, 1.165) is 4.57 Å². The van der Waals surface area contributed by atoms with Crippen molar-refractivity contribution in [3.63, 3.8) is 0 Å². The van der Waals surface area contributed by atoms with Crippen LogP contribution in [0.3, 0.4) is 0 Å². The predicted octanol–water partition coefficient (Wildman–Crippen LogP) is -4.54. The Bertz CT molecular complexity index is 1170. The maximum absolute atomic E-state index is 12.2. The topological polar surface area (TPSA) is 246 Å². The molecule has 0 spiro atoms. The summed E-state index contributed by atoms with van der Waals surface area (Å²) in [7, 11) is -8.10. The highest BCUT2D eigenvalue weighted by molar-refractivity contribution is 7.59. The van der Waals surface area contributed by atoms with Crippen LogP contribution in [0.2, 0.25) is 0 Å². The Kier molecular flexibility index (Phi) is 9.35. The van der Waals surface area contributed by atoms with Gasteiger partial charge in [0, 0.05) is 18.2 Å². The van der Waals surface area contributed by atoms with Gasteiger partial charge in [-0.25, -0.2) is 9.11 Å². The molecule has 5 N–H and O–H groups in total. The van der Waals surface area contributed by atoms with E-state index in [-0.39, 0.29) is 12.0 Å². The Morgan fingerprint density at radius 3 is 2.43 bits per heavy atom. The number of nitrogens with zero attached hydrogens (tertiary/aromatic N) is 1. The molecular weight excluding hydrogens is 544 g/mol. The van der Waals surface area contributed by atoms with Gasteiger partial charge in [0.2, 0.25) is 0 Å². The van der Waals surface area contributed by atoms with E-state index < -0.39 is 82.6 Å². The summed E-state index contributed by atoms with van der Waals surface area (Å²) in [6.07, 6.45) is -8.31. The number of aromatic amines is 1. The largest absolute Gasteiger partial charge is 0.756 e. The summed E-state index contributed by atoms with van der Waals surface area (Å²) in [5.41, 5.74) is -1.23. The zero-order chi connectivity index (χ0) is 27.9. The van der Waals surface area contributed by atoms with Crippen molar-refractivity contribution in [1.82, 2.24) is 9.55 Å². The fraction of sp³-hybridized carbons (Fsp3) is 0.778. The molecule has 0 aromatic carbocycles. The number of rotatable bonds is 9. The molecule has 0 saturated carbocycles. The zero-order valence-electron chi connectivity index (χ0n) is 20.3. The van der Waals surface area contributed by atoms with Crippen molar-refractivity contribution < 1.29 is 62.0 Å². The molecule has 2 unspecified atom stereocenters. The lowest BCUT2D eigenvalue weighted by Crippen LogP contribution is -3.14.